The molecule has 36 heavy (non-hydrogen) atoms. The summed E-state index contributed by atoms with van der Waals surface area (Å²) in [5.41, 5.74) is -1.75. The number of allylic oxidation sites excluding steroid dienone is 1. The van der Waals surface area contributed by atoms with Crippen molar-refractivity contribution in [1.82, 2.24) is 25.1 Å². The van der Waals surface area contributed by atoms with Gasteiger partial charge in [-0.3, -0.25) is 9.67 Å². The monoisotopic (exact) mass is 508 g/mol. The Bertz CT molecular complexity index is 1340. The first-order valence-electron chi connectivity index (χ1n) is 10.5. The Morgan fingerprint density at radius 3 is 2.47 bits per heavy atom. The number of aromatic nitrogens is 4. The first-order valence-corrected chi connectivity index (χ1v) is 10.5. The Morgan fingerprint density at radius 1 is 1.00 bits per heavy atom. The van der Waals surface area contributed by atoms with Crippen molar-refractivity contribution in [2.75, 3.05) is 5.32 Å². The van der Waals surface area contributed by atoms with Crippen molar-refractivity contribution in [3.63, 3.8) is 0 Å². The molecule has 0 saturated carbocycles. The molecule has 0 aromatic carbocycles. The summed E-state index contributed by atoms with van der Waals surface area (Å²) in [7, 11) is 1.63. The van der Waals surface area contributed by atoms with E-state index in [1.54, 1.807) is 19.2 Å². The van der Waals surface area contributed by atoms with Crippen LogP contribution in [0.1, 0.15) is 29.9 Å². The number of hydrogen-bond donors (Lipinski definition) is 2. The Hall–Kier alpha value is -4.23. The largest absolute Gasteiger partial charge is 0.433 e. The van der Waals surface area contributed by atoms with E-state index in [2.05, 4.69) is 35.7 Å². The second kappa shape index (κ2) is 9.79. The molecule has 0 atom stereocenters. The zero-order valence-corrected chi connectivity index (χ0v) is 18.6. The van der Waals surface area contributed by atoms with E-state index < -0.39 is 23.7 Å². The average molecular weight is 508 g/mol. The first-order chi connectivity index (χ1) is 17.0. The molecule has 4 heterocycles. The van der Waals surface area contributed by atoms with Crippen LogP contribution in [0.4, 0.5) is 37.8 Å². The maximum Gasteiger partial charge on any atom is 0.433 e. The molecule has 0 saturated heterocycles. The molecule has 3 aromatic heterocycles. The fourth-order valence-electron chi connectivity index (χ4n) is 3.21. The highest BCUT2D eigenvalue weighted by Gasteiger charge is 2.33. The van der Waals surface area contributed by atoms with Gasteiger partial charge in [-0.25, -0.2) is 9.98 Å². The van der Waals surface area contributed by atoms with E-state index in [1.165, 1.54) is 29.1 Å². The van der Waals surface area contributed by atoms with Crippen molar-refractivity contribution in [2.45, 2.75) is 25.2 Å². The fourth-order valence-corrected chi connectivity index (χ4v) is 3.21. The molecular formula is C22H18F6N8. The van der Waals surface area contributed by atoms with Crippen LogP contribution in [0.25, 0.3) is 0 Å². The summed E-state index contributed by atoms with van der Waals surface area (Å²) in [6.07, 6.45) is -4.61. The summed E-state index contributed by atoms with van der Waals surface area (Å²) in [5.74, 6) is 0.618. The topological polar surface area (TPSA) is 92.4 Å². The molecule has 8 nitrogen and oxygen atoms in total. The number of rotatable bonds is 4. The number of hydrogen-bond acceptors (Lipinski definition) is 5. The highest BCUT2D eigenvalue weighted by atomic mass is 19.4. The van der Waals surface area contributed by atoms with Crippen molar-refractivity contribution >= 4 is 23.2 Å². The number of nitrogens with one attached hydrogen (secondary N) is 2. The number of aryl methyl sites for hydroxylation is 1. The third-order valence-corrected chi connectivity index (χ3v) is 4.90. The number of anilines is 1. The Labute approximate surface area is 200 Å². The van der Waals surface area contributed by atoms with E-state index in [9.17, 15) is 26.3 Å². The number of guanidine groups is 1. The zero-order chi connectivity index (χ0) is 25.9. The highest BCUT2D eigenvalue weighted by molar-refractivity contribution is 6.07. The van der Waals surface area contributed by atoms with Crippen LogP contribution in [0.3, 0.4) is 0 Å². The molecule has 2 N–H and O–H groups in total. The normalized spacial score (nSPS) is 17.5. The zero-order valence-electron chi connectivity index (χ0n) is 18.6. The third-order valence-electron chi connectivity index (χ3n) is 4.90. The Kier molecular flexibility index (Phi) is 6.77. The van der Waals surface area contributed by atoms with E-state index in [-0.39, 0.29) is 35.3 Å². The number of nitrogens with zero attached hydrogens (tertiary/aromatic N) is 6. The van der Waals surface area contributed by atoms with E-state index in [0.717, 1.165) is 18.3 Å². The summed E-state index contributed by atoms with van der Waals surface area (Å²) >= 11 is 0. The van der Waals surface area contributed by atoms with Crippen molar-refractivity contribution < 1.29 is 26.3 Å². The van der Waals surface area contributed by atoms with Crippen LogP contribution in [-0.2, 0) is 19.4 Å². The standard InChI is InChI=1S/C22H18F6N8/c1-36-19(9-11-30-36)35-20-33-15(14-4-2-6-16(32-14)21(23,24)25)5-3-7-18(34-20)31-13-8-10-29-17(12-13)22(26,27)28/h2,4,6-12H,3,5H2,1H3,(H,29,31)(H,34,35)/b18-7-,33-15?. The SMILES string of the molecule is Cn1nccc1N=C1N=C(c2cccc(C(F)(F)F)n2)CC/C=C(/Nc2ccnc(C(F)(F)F)c2)N1. The molecule has 0 bridgehead atoms. The van der Waals surface area contributed by atoms with Gasteiger partial charge in [0.25, 0.3) is 0 Å². The van der Waals surface area contributed by atoms with Gasteiger partial charge < -0.3 is 10.6 Å². The van der Waals surface area contributed by atoms with Gasteiger partial charge in [0, 0.05) is 25.0 Å². The van der Waals surface area contributed by atoms with E-state index >= 15 is 0 Å². The minimum Gasteiger partial charge on any atom is -0.342 e. The molecule has 1 aliphatic rings. The van der Waals surface area contributed by atoms with Crippen LogP contribution >= 0.6 is 0 Å². The van der Waals surface area contributed by atoms with Gasteiger partial charge in [0.15, 0.2) is 5.82 Å². The molecule has 4 rings (SSSR count). The van der Waals surface area contributed by atoms with Gasteiger partial charge in [-0.15, -0.1) is 0 Å². The van der Waals surface area contributed by atoms with E-state index in [1.807, 2.05) is 0 Å². The maximum atomic E-state index is 13.2. The first kappa shape index (κ1) is 24.9. The van der Waals surface area contributed by atoms with Crippen molar-refractivity contribution in [3.8, 4) is 0 Å². The minimum absolute atomic E-state index is 0.0260. The molecule has 0 amide bonds. The van der Waals surface area contributed by atoms with Crippen LogP contribution in [0.15, 0.2) is 70.7 Å². The number of aliphatic imine (C=N–C) groups is 2. The quantitative estimate of drug-likeness (QED) is 0.481. The van der Waals surface area contributed by atoms with Crippen LogP contribution < -0.4 is 10.6 Å². The van der Waals surface area contributed by atoms with Crippen LogP contribution in [-0.4, -0.2) is 31.4 Å². The molecule has 3 aromatic rings. The van der Waals surface area contributed by atoms with Gasteiger partial charge in [0.1, 0.15) is 17.2 Å². The van der Waals surface area contributed by atoms with Gasteiger partial charge >= 0.3 is 12.4 Å². The van der Waals surface area contributed by atoms with Crippen molar-refractivity contribution in [3.05, 3.63) is 77.8 Å². The molecule has 0 fully saturated rings. The van der Waals surface area contributed by atoms with Gasteiger partial charge in [-0.2, -0.15) is 36.4 Å². The fraction of sp³-hybridized carbons (Fsp3) is 0.227. The molecule has 14 heteroatoms. The van der Waals surface area contributed by atoms with Gasteiger partial charge in [-0.05, 0) is 43.2 Å². The number of pyridine rings is 2. The summed E-state index contributed by atoms with van der Waals surface area (Å²) in [6.45, 7) is 0. The molecule has 1 aliphatic heterocycles. The number of alkyl halides is 6. The summed E-state index contributed by atoms with van der Waals surface area (Å²) in [5, 5.41) is 9.75. The molecule has 0 spiro atoms. The molecular weight excluding hydrogens is 490 g/mol. The second-order valence-electron chi connectivity index (χ2n) is 7.55. The Balaban J connectivity index is 1.68. The predicted octanol–water partition coefficient (Wildman–Crippen LogP) is 5.06. The average Bonchev–Trinajstić information content (AvgIpc) is 3.20. The third kappa shape index (κ3) is 6.06. The lowest BCUT2D eigenvalue weighted by atomic mass is 10.1. The Morgan fingerprint density at radius 2 is 1.78 bits per heavy atom. The molecule has 188 valence electrons. The van der Waals surface area contributed by atoms with Gasteiger partial charge in [-0.1, -0.05) is 6.07 Å². The second-order valence-corrected chi connectivity index (χ2v) is 7.55. The van der Waals surface area contributed by atoms with Gasteiger partial charge in [0.05, 0.1) is 17.6 Å². The summed E-state index contributed by atoms with van der Waals surface area (Å²) < 4.78 is 80.1. The number of halogens is 6. The van der Waals surface area contributed by atoms with Crippen molar-refractivity contribution in [1.29, 1.82) is 0 Å². The molecule has 0 unspecified atom stereocenters. The lowest BCUT2D eigenvalue weighted by molar-refractivity contribution is -0.141. The van der Waals surface area contributed by atoms with Gasteiger partial charge in [0.2, 0.25) is 5.96 Å². The molecule has 0 aliphatic carbocycles. The lowest BCUT2D eigenvalue weighted by Gasteiger charge is -2.18. The predicted molar refractivity (Wildman–Crippen MR) is 119 cm³/mol. The smallest absolute Gasteiger partial charge is 0.342 e. The van der Waals surface area contributed by atoms with E-state index in [4.69, 9.17) is 0 Å². The maximum absolute atomic E-state index is 13.2. The summed E-state index contributed by atoms with van der Waals surface area (Å²) in [6, 6.07) is 7.30. The van der Waals surface area contributed by atoms with Crippen LogP contribution in [0.5, 0.6) is 0 Å². The summed E-state index contributed by atoms with van der Waals surface area (Å²) in [4.78, 5) is 15.8. The van der Waals surface area contributed by atoms with E-state index in [0.29, 0.717) is 12.2 Å². The lowest BCUT2D eigenvalue weighted by Crippen LogP contribution is -2.28. The minimum atomic E-state index is -4.63. The van der Waals surface area contributed by atoms with Crippen molar-refractivity contribution in [2.24, 2.45) is 17.0 Å². The molecule has 0 radical (unpaired) electrons. The highest BCUT2D eigenvalue weighted by Crippen LogP contribution is 2.30. The van der Waals surface area contributed by atoms with Crippen LogP contribution in [0, 0.1) is 0 Å². The van der Waals surface area contributed by atoms with Crippen LogP contribution in [0.2, 0.25) is 0 Å².